The molecule has 2 aliphatic heterocycles. The Morgan fingerprint density at radius 3 is 0.828 bits per heavy atom. The van der Waals surface area contributed by atoms with Crippen molar-refractivity contribution in [2.45, 2.75) is 7.43 Å². The summed E-state index contributed by atoms with van der Waals surface area (Å²) in [4.78, 5) is 2.30. The van der Waals surface area contributed by atoms with Crippen LogP contribution in [0.5, 0.6) is 0 Å². The van der Waals surface area contributed by atoms with Crippen LogP contribution in [0.15, 0.2) is 97.1 Å². The summed E-state index contributed by atoms with van der Waals surface area (Å²) in [6.45, 7) is 0. The summed E-state index contributed by atoms with van der Waals surface area (Å²) >= 11 is 0. The minimum atomic E-state index is 0. The lowest BCUT2D eigenvalue weighted by atomic mass is 10.1. The highest BCUT2D eigenvalue weighted by Crippen LogP contribution is 2.36. The van der Waals surface area contributed by atoms with Crippen LogP contribution >= 0.6 is 0 Å². The van der Waals surface area contributed by atoms with Gasteiger partial charge in [-0.05, 0) is 48.5 Å². The van der Waals surface area contributed by atoms with Crippen LogP contribution in [0.1, 0.15) is 7.43 Å². The predicted octanol–water partition coefficient (Wildman–Crippen LogP) is 5.25. The van der Waals surface area contributed by atoms with Crippen molar-refractivity contribution in [2.75, 3.05) is 0 Å². The molecule has 0 fully saturated rings. The summed E-state index contributed by atoms with van der Waals surface area (Å²) in [6.07, 6.45) is 0. The van der Waals surface area contributed by atoms with Gasteiger partial charge in [-0.3, -0.25) is 0 Å². The van der Waals surface area contributed by atoms with E-state index < -0.39 is 0 Å². The number of hydrogen-bond donors (Lipinski definition) is 2. The molecule has 4 aromatic rings. The van der Waals surface area contributed by atoms with Crippen molar-refractivity contribution in [2.24, 2.45) is 0 Å². The van der Waals surface area contributed by atoms with E-state index in [4.69, 9.17) is 0 Å². The first kappa shape index (κ1) is 19.1. The maximum Gasteiger partial charge on any atom is 0.118 e. The van der Waals surface area contributed by atoms with E-state index in [1.54, 1.807) is 0 Å². The molecule has 0 bridgehead atoms. The second kappa shape index (κ2) is 7.67. The molecule has 0 unspecified atom stereocenters. The quantitative estimate of drug-likeness (QED) is 0.387. The number of quaternary nitrogens is 2. The lowest BCUT2D eigenvalue weighted by Gasteiger charge is -2.14. The van der Waals surface area contributed by atoms with Gasteiger partial charge in [0, 0.05) is 22.3 Å². The summed E-state index contributed by atoms with van der Waals surface area (Å²) in [5.41, 5.74) is 10.3. The lowest BCUT2D eigenvalue weighted by Crippen LogP contribution is -2.95. The molecule has 0 aromatic heterocycles. The fourth-order valence-corrected chi connectivity index (χ4v) is 4.21. The van der Waals surface area contributed by atoms with Gasteiger partial charge in [-0.1, -0.05) is 56.0 Å². The minimum absolute atomic E-state index is 0. The first-order valence-corrected chi connectivity index (χ1v) is 9.52. The molecule has 2 heteroatoms. The number of benzene rings is 4. The Hall–Kier alpha value is -3.20. The van der Waals surface area contributed by atoms with E-state index in [1.807, 2.05) is 0 Å². The first-order valence-electron chi connectivity index (χ1n) is 9.52. The lowest BCUT2D eigenvalue weighted by molar-refractivity contribution is -0.700. The molecule has 2 heterocycles. The van der Waals surface area contributed by atoms with Crippen molar-refractivity contribution in [3.63, 3.8) is 0 Å². The zero-order chi connectivity index (χ0) is 19.1. The van der Waals surface area contributed by atoms with Gasteiger partial charge in [-0.2, -0.15) is 0 Å². The number of nitrogens with one attached hydrogen (secondary N) is 2. The van der Waals surface area contributed by atoms with Crippen LogP contribution in [-0.4, -0.2) is 0 Å². The summed E-state index contributed by atoms with van der Waals surface area (Å²) in [5, 5.41) is 0. The molecule has 144 valence electrons. The summed E-state index contributed by atoms with van der Waals surface area (Å²) in [5.74, 6) is 0. The largest absolute Gasteiger partial charge is 0.401 e. The first-order chi connectivity index (χ1) is 13.8. The summed E-state index contributed by atoms with van der Waals surface area (Å²) in [7, 11) is 8.27. The van der Waals surface area contributed by atoms with E-state index in [1.165, 1.54) is 45.0 Å². The molecule has 2 aliphatic rings. The van der Waals surface area contributed by atoms with Crippen molar-refractivity contribution in [1.29, 1.82) is 0 Å². The molecule has 6 rings (SSSR count). The molecule has 0 amide bonds. The smallest absolute Gasteiger partial charge is 0.118 e. The van der Waals surface area contributed by atoms with Crippen molar-refractivity contribution in [3.8, 4) is 22.3 Å². The molecule has 0 radical (unpaired) electrons. The van der Waals surface area contributed by atoms with Crippen LogP contribution in [0.4, 0.5) is 22.7 Å². The molecular formula is C27H26N2. The maximum absolute atomic E-state index is 4.14. The average Bonchev–Trinajstić information content (AvgIpc) is 3.22. The highest BCUT2D eigenvalue weighted by molar-refractivity contribution is 5.85. The van der Waals surface area contributed by atoms with Gasteiger partial charge in [0.25, 0.3) is 0 Å². The van der Waals surface area contributed by atoms with Gasteiger partial charge in [0.15, 0.2) is 0 Å². The zero-order valence-corrected chi connectivity index (χ0v) is 15.7. The van der Waals surface area contributed by atoms with E-state index in [9.17, 15) is 0 Å². The van der Waals surface area contributed by atoms with Crippen molar-refractivity contribution in [1.82, 2.24) is 0 Å². The molecule has 0 atom stereocenters. The van der Waals surface area contributed by atoms with Gasteiger partial charge >= 0.3 is 0 Å². The Balaban J connectivity index is 0.000000137. The van der Waals surface area contributed by atoms with Gasteiger partial charge in [0.05, 0.1) is 0 Å². The molecule has 0 saturated carbocycles. The van der Waals surface area contributed by atoms with E-state index in [0.717, 1.165) is 9.80 Å². The Labute approximate surface area is 173 Å². The van der Waals surface area contributed by atoms with Crippen LogP contribution < -0.4 is 9.80 Å². The summed E-state index contributed by atoms with van der Waals surface area (Å²) < 4.78 is 0. The molecule has 0 spiro atoms. The van der Waals surface area contributed by atoms with E-state index >= 15 is 0 Å². The number of rotatable bonds is 0. The molecular weight excluding hydrogens is 352 g/mol. The van der Waals surface area contributed by atoms with Crippen molar-refractivity contribution in [3.05, 3.63) is 111 Å². The Kier molecular flexibility index (Phi) is 5.06. The van der Waals surface area contributed by atoms with Crippen LogP contribution in [0.2, 0.25) is 0 Å². The zero-order valence-electron chi connectivity index (χ0n) is 15.7. The van der Waals surface area contributed by atoms with Crippen LogP contribution in [0.3, 0.4) is 0 Å². The Bertz CT molecular complexity index is 978. The Morgan fingerprint density at radius 1 is 0.379 bits per heavy atom. The monoisotopic (exact) mass is 378 g/mol. The molecule has 0 saturated heterocycles. The van der Waals surface area contributed by atoms with Crippen LogP contribution in [-0.2, 0) is 0 Å². The van der Waals surface area contributed by atoms with Crippen LogP contribution in [0, 0.1) is 14.1 Å². The average molecular weight is 379 g/mol. The third-order valence-corrected chi connectivity index (χ3v) is 5.59. The standard InChI is InChI=1S/2C13H11N.CH4/c2*1-14-12-8-4-2-6-10(12)11-7-3-5-9-13(11)14;/h2*2-9,14H,1H2;1H4. The topological polar surface area (TPSA) is 8.88 Å². The Morgan fingerprint density at radius 2 is 0.586 bits per heavy atom. The third-order valence-electron chi connectivity index (χ3n) is 5.59. The molecule has 4 aromatic carbocycles. The highest BCUT2D eigenvalue weighted by atomic mass is 15.1. The van der Waals surface area contributed by atoms with Gasteiger partial charge in [-0.15, -0.1) is 14.1 Å². The molecule has 0 aliphatic carbocycles. The molecule has 29 heavy (non-hydrogen) atoms. The fraction of sp³-hybridized carbons (Fsp3) is 0.0370. The fourth-order valence-electron chi connectivity index (χ4n) is 4.21. The SMILES string of the molecule is C.[CH2-][NH+]1c2ccccc2-c2ccccc21.[CH2-][NH+]1c2ccccc2-c2ccccc21. The second-order valence-corrected chi connectivity index (χ2v) is 7.14. The molecule has 2 nitrogen and oxygen atoms in total. The summed E-state index contributed by atoms with van der Waals surface area (Å²) in [6, 6.07) is 33.8. The van der Waals surface area contributed by atoms with E-state index in [0.29, 0.717) is 0 Å². The number of fused-ring (bicyclic) bond motifs is 6. The predicted molar refractivity (Wildman–Crippen MR) is 122 cm³/mol. The molecule has 2 N–H and O–H groups in total. The second-order valence-electron chi connectivity index (χ2n) is 7.14. The van der Waals surface area contributed by atoms with E-state index in [2.05, 4.69) is 111 Å². The van der Waals surface area contributed by atoms with E-state index in [-0.39, 0.29) is 7.43 Å². The van der Waals surface area contributed by atoms with Crippen LogP contribution in [0.25, 0.3) is 22.3 Å². The van der Waals surface area contributed by atoms with Gasteiger partial charge in [0.1, 0.15) is 22.7 Å². The minimum Gasteiger partial charge on any atom is -0.401 e. The number of hydrogen-bond acceptors (Lipinski definition) is 0. The van der Waals surface area contributed by atoms with Gasteiger partial charge in [-0.25, -0.2) is 0 Å². The van der Waals surface area contributed by atoms with Crippen molar-refractivity contribution >= 4 is 22.7 Å². The third kappa shape index (κ3) is 3.07. The normalized spacial score (nSPS) is 13.3. The van der Waals surface area contributed by atoms with Crippen molar-refractivity contribution < 1.29 is 9.80 Å². The van der Waals surface area contributed by atoms with Gasteiger partial charge < -0.3 is 9.80 Å². The number of para-hydroxylation sites is 4. The van der Waals surface area contributed by atoms with Gasteiger partial charge in [0.2, 0.25) is 0 Å². The maximum atomic E-state index is 4.14. The highest BCUT2D eigenvalue weighted by Gasteiger charge is 2.24.